The molecule has 8 nitrogen and oxygen atoms in total. The van der Waals surface area contributed by atoms with Crippen LogP contribution in [0.3, 0.4) is 0 Å². The summed E-state index contributed by atoms with van der Waals surface area (Å²) in [5.74, 6) is -1.11. The predicted octanol–water partition coefficient (Wildman–Crippen LogP) is -0.793. The number of carbonyl (C=O) groups is 2. The molecule has 1 aromatic heterocycles. The quantitative estimate of drug-likeness (QED) is 0.612. The van der Waals surface area contributed by atoms with Crippen LogP contribution in [-0.4, -0.2) is 38.5 Å². The Morgan fingerprint density at radius 3 is 2.67 bits per heavy atom. The molecular weight excluding hydrogens is 238 g/mol. The van der Waals surface area contributed by atoms with Crippen LogP contribution in [0.25, 0.3) is 0 Å². The number of carbonyl (C=O) groups excluding carboxylic acids is 1. The fraction of sp³-hybridized carbons (Fsp3) is 0.600. The van der Waals surface area contributed by atoms with Crippen molar-refractivity contribution in [2.24, 2.45) is 11.7 Å². The Bertz CT molecular complexity index is 441. The van der Waals surface area contributed by atoms with E-state index in [0.717, 1.165) is 0 Å². The van der Waals surface area contributed by atoms with Crippen molar-refractivity contribution in [2.75, 3.05) is 6.54 Å². The lowest BCUT2D eigenvalue weighted by atomic mass is 10.2. The molecule has 0 radical (unpaired) electrons. The van der Waals surface area contributed by atoms with Gasteiger partial charge in [-0.05, 0) is 5.92 Å². The Morgan fingerprint density at radius 2 is 2.17 bits per heavy atom. The van der Waals surface area contributed by atoms with E-state index in [0.29, 0.717) is 12.5 Å². The van der Waals surface area contributed by atoms with E-state index in [1.807, 2.05) is 13.8 Å². The van der Waals surface area contributed by atoms with E-state index >= 15 is 0 Å². The van der Waals surface area contributed by atoms with Crippen molar-refractivity contribution in [3.05, 3.63) is 11.4 Å². The van der Waals surface area contributed by atoms with Crippen molar-refractivity contribution >= 4 is 11.9 Å². The smallest absolute Gasteiger partial charge is 0.358 e. The minimum atomic E-state index is -1.20. The van der Waals surface area contributed by atoms with Crippen molar-refractivity contribution in [1.29, 1.82) is 0 Å². The third-order valence-corrected chi connectivity index (χ3v) is 2.23. The number of aromatic carboxylic acids is 1. The molecule has 1 heterocycles. The second kappa shape index (κ2) is 6.10. The Morgan fingerprint density at radius 1 is 1.50 bits per heavy atom. The molecule has 100 valence electrons. The maximum Gasteiger partial charge on any atom is 0.358 e. The fourth-order valence-electron chi connectivity index (χ4n) is 1.34. The van der Waals surface area contributed by atoms with Gasteiger partial charge in [0.25, 0.3) is 0 Å². The fourth-order valence-corrected chi connectivity index (χ4v) is 1.34. The van der Waals surface area contributed by atoms with Crippen LogP contribution in [0, 0.1) is 5.92 Å². The van der Waals surface area contributed by atoms with Crippen molar-refractivity contribution in [3.8, 4) is 0 Å². The van der Waals surface area contributed by atoms with Gasteiger partial charge in [0.1, 0.15) is 6.54 Å². The number of aromatic nitrogens is 3. The third-order valence-electron chi connectivity index (χ3n) is 2.23. The van der Waals surface area contributed by atoms with Crippen molar-refractivity contribution in [1.82, 2.24) is 20.3 Å². The lowest BCUT2D eigenvalue weighted by Gasteiger charge is -2.08. The van der Waals surface area contributed by atoms with Gasteiger partial charge < -0.3 is 16.2 Å². The molecule has 8 heteroatoms. The van der Waals surface area contributed by atoms with Gasteiger partial charge in [-0.2, -0.15) is 0 Å². The van der Waals surface area contributed by atoms with Crippen LogP contribution in [0.5, 0.6) is 0 Å². The SMILES string of the molecule is CC(C)CNC(=O)Cn1nnc(C(=O)O)c1CN. The summed E-state index contributed by atoms with van der Waals surface area (Å²) >= 11 is 0. The van der Waals surface area contributed by atoms with Gasteiger partial charge in [0.05, 0.1) is 5.69 Å². The number of amides is 1. The summed E-state index contributed by atoms with van der Waals surface area (Å²) in [4.78, 5) is 22.4. The Kier molecular flexibility index (Phi) is 4.78. The molecule has 1 rings (SSSR count). The molecule has 0 fully saturated rings. The summed E-state index contributed by atoms with van der Waals surface area (Å²) in [7, 11) is 0. The van der Waals surface area contributed by atoms with Crippen LogP contribution in [0.2, 0.25) is 0 Å². The van der Waals surface area contributed by atoms with E-state index in [4.69, 9.17) is 10.8 Å². The first-order valence-electron chi connectivity index (χ1n) is 5.58. The Balaban J connectivity index is 2.73. The van der Waals surface area contributed by atoms with E-state index in [2.05, 4.69) is 15.6 Å². The summed E-state index contributed by atoms with van der Waals surface area (Å²) in [6, 6.07) is 0. The second-order valence-electron chi connectivity index (χ2n) is 4.25. The predicted molar refractivity (Wildman–Crippen MR) is 62.7 cm³/mol. The van der Waals surface area contributed by atoms with E-state index in [1.165, 1.54) is 4.68 Å². The number of carboxylic acid groups (broad SMARTS) is 1. The average Bonchev–Trinajstić information content (AvgIpc) is 2.69. The summed E-state index contributed by atoms with van der Waals surface area (Å²) in [5, 5.41) is 18.7. The highest BCUT2D eigenvalue weighted by molar-refractivity contribution is 5.86. The van der Waals surface area contributed by atoms with E-state index in [1.54, 1.807) is 0 Å². The maximum absolute atomic E-state index is 11.6. The first-order valence-corrected chi connectivity index (χ1v) is 5.58. The van der Waals surface area contributed by atoms with Crippen LogP contribution >= 0.6 is 0 Å². The van der Waals surface area contributed by atoms with Gasteiger partial charge in [-0.25, -0.2) is 9.48 Å². The van der Waals surface area contributed by atoms with E-state index < -0.39 is 5.97 Å². The zero-order valence-corrected chi connectivity index (χ0v) is 10.4. The van der Waals surface area contributed by atoms with Crippen LogP contribution in [0.4, 0.5) is 0 Å². The Labute approximate surface area is 104 Å². The molecule has 0 aromatic carbocycles. The molecule has 0 bridgehead atoms. The second-order valence-corrected chi connectivity index (χ2v) is 4.25. The van der Waals surface area contributed by atoms with Gasteiger partial charge in [-0.3, -0.25) is 4.79 Å². The van der Waals surface area contributed by atoms with Crippen LogP contribution in [0.1, 0.15) is 30.0 Å². The third kappa shape index (κ3) is 3.52. The minimum absolute atomic E-state index is 0.0356. The summed E-state index contributed by atoms with van der Waals surface area (Å²) in [6.45, 7) is 4.39. The summed E-state index contributed by atoms with van der Waals surface area (Å²) in [5.41, 5.74) is 5.46. The highest BCUT2D eigenvalue weighted by Gasteiger charge is 2.18. The highest BCUT2D eigenvalue weighted by atomic mass is 16.4. The number of rotatable bonds is 6. The topological polar surface area (TPSA) is 123 Å². The van der Waals surface area contributed by atoms with Crippen molar-refractivity contribution in [3.63, 3.8) is 0 Å². The highest BCUT2D eigenvalue weighted by Crippen LogP contribution is 2.04. The average molecular weight is 255 g/mol. The molecule has 0 unspecified atom stereocenters. The Hall–Kier alpha value is -1.96. The van der Waals surface area contributed by atoms with Crippen molar-refractivity contribution < 1.29 is 14.7 Å². The molecule has 0 aliphatic rings. The molecule has 1 amide bonds. The van der Waals surface area contributed by atoms with E-state index in [-0.39, 0.29) is 30.4 Å². The summed E-state index contributed by atoms with van der Waals surface area (Å²) in [6.07, 6.45) is 0. The van der Waals surface area contributed by atoms with Crippen LogP contribution in [-0.2, 0) is 17.9 Å². The molecule has 0 atom stereocenters. The minimum Gasteiger partial charge on any atom is -0.476 e. The van der Waals surface area contributed by atoms with Crippen molar-refractivity contribution in [2.45, 2.75) is 26.9 Å². The van der Waals surface area contributed by atoms with Crippen LogP contribution < -0.4 is 11.1 Å². The lowest BCUT2D eigenvalue weighted by molar-refractivity contribution is -0.122. The molecule has 0 saturated carbocycles. The molecule has 0 aliphatic carbocycles. The molecule has 0 aliphatic heterocycles. The molecule has 0 saturated heterocycles. The van der Waals surface area contributed by atoms with Gasteiger partial charge in [0, 0.05) is 13.1 Å². The van der Waals surface area contributed by atoms with Gasteiger partial charge in [-0.1, -0.05) is 19.1 Å². The first kappa shape index (κ1) is 14.1. The summed E-state index contributed by atoms with van der Waals surface area (Å²) < 4.78 is 1.21. The number of nitrogens with two attached hydrogens (primary N) is 1. The molecule has 18 heavy (non-hydrogen) atoms. The largest absolute Gasteiger partial charge is 0.476 e. The van der Waals surface area contributed by atoms with Gasteiger partial charge in [-0.15, -0.1) is 5.10 Å². The molecule has 1 aromatic rings. The molecule has 0 spiro atoms. The molecular formula is C10H17N5O3. The maximum atomic E-state index is 11.6. The number of carboxylic acids is 1. The van der Waals surface area contributed by atoms with Gasteiger partial charge in [0.15, 0.2) is 5.69 Å². The zero-order valence-electron chi connectivity index (χ0n) is 10.4. The normalized spacial score (nSPS) is 10.7. The molecule has 4 N–H and O–H groups in total. The lowest BCUT2D eigenvalue weighted by Crippen LogP contribution is -2.31. The number of hydrogen-bond donors (Lipinski definition) is 3. The monoisotopic (exact) mass is 255 g/mol. The van der Waals surface area contributed by atoms with Crippen LogP contribution in [0.15, 0.2) is 0 Å². The number of nitrogens with zero attached hydrogens (tertiary/aromatic N) is 3. The number of hydrogen-bond acceptors (Lipinski definition) is 5. The standard InChI is InChI=1S/C10H17N5O3/c1-6(2)4-12-8(16)5-15-7(3-11)9(10(17)18)13-14-15/h6H,3-5,11H2,1-2H3,(H,12,16)(H,17,18). The first-order chi connectivity index (χ1) is 8.45. The zero-order chi connectivity index (χ0) is 13.7. The van der Waals surface area contributed by atoms with Gasteiger partial charge >= 0.3 is 5.97 Å². The number of nitrogens with one attached hydrogen (secondary N) is 1. The van der Waals surface area contributed by atoms with Gasteiger partial charge in [0.2, 0.25) is 5.91 Å². The van der Waals surface area contributed by atoms with E-state index in [9.17, 15) is 9.59 Å².